The van der Waals surface area contributed by atoms with Crippen LogP contribution >= 0.6 is 0 Å². The van der Waals surface area contributed by atoms with Crippen LogP contribution in [-0.2, 0) is 17.8 Å². The maximum Gasteiger partial charge on any atom is 0.245 e. The van der Waals surface area contributed by atoms with Crippen LogP contribution in [-0.4, -0.2) is 40.7 Å². The molecule has 0 aliphatic rings. The highest BCUT2D eigenvalue weighted by atomic mass is 16.2. The molecule has 9 heteroatoms. The summed E-state index contributed by atoms with van der Waals surface area (Å²) in [4.78, 5) is 17.1. The number of nitrogens with zero attached hydrogens (tertiary/aromatic N) is 7. The van der Waals surface area contributed by atoms with E-state index in [0.717, 1.165) is 16.8 Å². The number of carbonyl (C=O) groups is 1. The van der Waals surface area contributed by atoms with Gasteiger partial charge in [-0.3, -0.25) is 4.79 Å². The van der Waals surface area contributed by atoms with Crippen molar-refractivity contribution in [3.05, 3.63) is 72.4 Å². The molecular formula is C17H16N8O. The molecule has 0 radical (unpaired) electrons. The normalized spacial score (nSPS) is 12.2. The average molecular weight is 348 g/mol. The Morgan fingerprint density at radius 1 is 1.19 bits per heavy atom. The number of nitrogens with one attached hydrogen (secondary N) is 1. The third kappa shape index (κ3) is 3.27. The van der Waals surface area contributed by atoms with Gasteiger partial charge in [0.15, 0.2) is 5.65 Å². The molecule has 3 heterocycles. The number of fused-ring (bicyclic) bond motifs is 1. The van der Waals surface area contributed by atoms with Crippen molar-refractivity contribution in [3.63, 3.8) is 0 Å². The molecule has 130 valence electrons. The molecule has 9 nitrogen and oxygen atoms in total. The van der Waals surface area contributed by atoms with E-state index in [4.69, 9.17) is 0 Å². The molecule has 0 saturated heterocycles. The Bertz CT molecular complexity index is 996. The molecule has 1 unspecified atom stereocenters. The number of rotatable bonds is 6. The first-order valence-corrected chi connectivity index (χ1v) is 8.12. The first kappa shape index (κ1) is 15.9. The summed E-state index contributed by atoms with van der Waals surface area (Å²) in [6.45, 7) is 0.326. The van der Waals surface area contributed by atoms with E-state index in [-0.39, 0.29) is 5.91 Å². The van der Waals surface area contributed by atoms with Gasteiger partial charge in [-0.1, -0.05) is 30.3 Å². The van der Waals surface area contributed by atoms with E-state index in [9.17, 15) is 4.79 Å². The van der Waals surface area contributed by atoms with Crippen molar-refractivity contribution in [2.24, 2.45) is 0 Å². The number of aromatic nitrogens is 7. The van der Waals surface area contributed by atoms with Crippen molar-refractivity contribution in [1.29, 1.82) is 0 Å². The van der Waals surface area contributed by atoms with Crippen molar-refractivity contribution in [2.45, 2.75) is 19.0 Å². The summed E-state index contributed by atoms with van der Waals surface area (Å²) >= 11 is 0. The van der Waals surface area contributed by atoms with Crippen LogP contribution in [0.15, 0.2) is 61.3 Å². The number of amides is 1. The van der Waals surface area contributed by atoms with Crippen LogP contribution in [0.4, 0.5) is 0 Å². The first-order chi connectivity index (χ1) is 12.8. The summed E-state index contributed by atoms with van der Waals surface area (Å²) in [6, 6.07) is 11.0. The Morgan fingerprint density at radius 2 is 2.08 bits per heavy atom. The van der Waals surface area contributed by atoms with Gasteiger partial charge in [0.2, 0.25) is 5.91 Å². The number of hydrogen-bond acceptors (Lipinski definition) is 6. The fourth-order valence-corrected chi connectivity index (χ4v) is 2.76. The maximum absolute atomic E-state index is 12.8. The predicted molar refractivity (Wildman–Crippen MR) is 91.8 cm³/mol. The zero-order chi connectivity index (χ0) is 17.8. The Morgan fingerprint density at radius 3 is 2.88 bits per heavy atom. The van der Waals surface area contributed by atoms with Gasteiger partial charge < -0.3 is 5.32 Å². The summed E-state index contributed by atoms with van der Waals surface area (Å²) in [7, 11) is 0. The minimum absolute atomic E-state index is 0.170. The van der Waals surface area contributed by atoms with Crippen LogP contribution in [0.1, 0.15) is 17.2 Å². The van der Waals surface area contributed by atoms with E-state index in [1.54, 1.807) is 23.0 Å². The second-order valence-electron chi connectivity index (χ2n) is 5.77. The Labute approximate surface area is 148 Å². The predicted octanol–water partition coefficient (Wildman–Crippen LogP) is 0.816. The fraction of sp³-hybridized carbons (Fsp3) is 0.176. The van der Waals surface area contributed by atoms with E-state index in [0.29, 0.717) is 13.0 Å². The lowest BCUT2D eigenvalue weighted by molar-refractivity contribution is -0.124. The Balaban J connectivity index is 1.51. The van der Waals surface area contributed by atoms with Gasteiger partial charge in [0, 0.05) is 30.9 Å². The molecule has 1 amide bonds. The van der Waals surface area contributed by atoms with Crippen molar-refractivity contribution in [1.82, 2.24) is 40.1 Å². The standard InChI is InChI=1S/C17H16N8O/c26-17(19-10-14-11-21-24-8-4-7-18-16(14)24)15(25-12-20-22-23-25)9-13-5-2-1-3-6-13/h1-8,11-12,15H,9-10H2,(H,19,26). The number of tetrazole rings is 1. The smallest absolute Gasteiger partial charge is 0.245 e. The third-order valence-electron chi connectivity index (χ3n) is 4.06. The van der Waals surface area contributed by atoms with E-state index < -0.39 is 6.04 Å². The second-order valence-corrected chi connectivity index (χ2v) is 5.77. The molecule has 0 fully saturated rings. The number of carbonyl (C=O) groups excluding carboxylic acids is 1. The molecule has 0 bridgehead atoms. The minimum Gasteiger partial charge on any atom is -0.350 e. The van der Waals surface area contributed by atoms with Crippen molar-refractivity contribution < 1.29 is 4.79 Å². The number of benzene rings is 1. The highest BCUT2D eigenvalue weighted by Crippen LogP contribution is 2.14. The summed E-state index contributed by atoms with van der Waals surface area (Å²) in [6.07, 6.45) is 7.15. The van der Waals surface area contributed by atoms with Crippen LogP contribution < -0.4 is 5.32 Å². The van der Waals surface area contributed by atoms with Crippen LogP contribution in [0.5, 0.6) is 0 Å². The van der Waals surface area contributed by atoms with Gasteiger partial charge in [-0.2, -0.15) is 5.10 Å². The number of hydrogen-bond donors (Lipinski definition) is 1. The minimum atomic E-state index is -0.540. The highest BCUT2D eigenvalue weighted by molar-refractivity contribution is 5.80. The van der Waals surface area contributed by atoms with E-state index in [2.05, 4.69) is 30.9 Å². The van der Waals surface area contributed by atoms with Gasteiger partial charge in [-0.15, -0.1) is 5.10 Å². The maximum atomic E-state index is 12.8. The molecule has 1 aromatic carbocycles. The van der Waals surface area contributed by atoms with E-state index in [1.807, 2.05) is 36.5 Å². The zero-order valence-electron chi connectivity index (χ0n) is 13.8. The SMILES string of the molecule is O=C(NCc1cnn2cccnc12)C(Cc1ccccc1)n1cnnn1. The quantitative estimate of drug-likeness (QED) is 0.553. The van der Waals surface area contributed by atoms with Crippen LogP contribution in [0.25, 0.3) is 5.65 Å². The lowest BCUT2D eigenvalue weighted by atomic mass is 10.1. The van der Waals surface area contributed by atoms with Crippen molar-refractivity contribution in [3.8, 4) is 0 Å². The topological polar surface area (TPSA) is 103 Å². The molecule has 1 N–H and O–H groups in total. The zero-order valence-corrected chi connectivity index (χ0v) is 13.8. The molecule has 4 rings (SSSR count). The first-order valence-electron chi connectivity index (χ1n) is 8.12. The molecule has 0 aliphatic carbocycles. The second kappa shape index (κ2) is 7.09. The van der Waals surface area contributed by atoms with Crippen molar-refractivity contribution in [2.75, 3.05) is 0 Å². The van der Waals surface area contributed by atoms with Gasteiger partial charge in [0.25, 0.3) is 0 Å². The lowest BCUT2D eigenvalue weighted by Gasteiger charge is -2.16. The summed E-state index contributed by atoms with van der Waals surface area (Å²) in [5.74, 6) is -0.170. The van der Waals surface area contributed by atoms with Gasteiger partial charge in [0.1, 0.15) is 12.4 Å². The molecule has 0 saturated carbocycles. The Kier molecular flexibility index (Phi) is 4.33. The van der Waals surface area contributed by atoms with E-state index >= 15 is 0 Å². The molecule has 1 atom stereocenters. The van der Waals surface area contributed by atoms with Gasteiger partial charge in [-0.25, -0.2) is 14.2 Å². The Hall–Kier alpha value is -3.62. The summed E-state index contributed by atoms with van der Waals surface area (Å²) in [5, 5.41) is 18.4. The van der Waals surface area contributed by atoms with Gasteiger partial charge in [0.05, 0.1) is 6.20 Å². The molecule has 3 aromatic heterocycles. The third-order valence-corrected chi connectivity index (χ3v) is 4.06. The van der Waals surface area contributed by atoms with Crippen LogP contribution in [0.3, 0.4) is 0 Å². The molecule has 26 heavy (non-hydrogen) atoms. The average Bonchev–Trinajstić information content (AvgIpc) is 3.35. The molecule has 0 spiro atoms. The molecule has 0 aliphatic heterocycles. The summed E-state index contributed by atoms with van der Waals surface area (Å²) in [5.41, 5.74) is 2.59. The highest BCUT2D eigenvalue weighted by Gasteiger charge is 2.22. The molecule has 4 aromatic rings. The van der Waals surface area contributed by atoms with Crippen molar-refractivity contribution >= 4 is 11.6 Å². The van der Waals surface area contributed by atoms with Crippen LogP contribution in [0, 0.1) is 0 Å². The largest absolute Gasteiger partial charge is 0.350 e. The molecular weight excluding hydrogens is 332 g/mol. The van der Waals surface area contributed by atoms with E-state index in [1.165, 1.54) is 11.0 Å². The fourth-order valence-electron chi connectivity index (χ4n) is 2.76. The summed E-state index contributed by atoms with van der Waals surface area (Å²) < 4.78 is 3.14. The lowest BCUT2D eigenvalue weighted by Crippen LogP contribution is -2.34. The van der Waals surface area contributed by atoms with Gasteiger partial charge in [-0.05, 0) is 22.1 Å². The van der Waals surface area contributed by atoms with Crippen LogP contribution in [0.2, 0.25) is 0 Å². The monoisotopic (exact) mass is 348 g/mol. The van der Waals surface area contributed by atoms with Gasteiger partial charge >= 0.3 is 0 Å².